The zero-order valence-electron chi connectivity index (χ0n) is 9.87. The summed E-state index contributed by atoms with van der Waals surface area (Å²) < 4.78 is 31.4. The third-order valence-corrected chi connectivity index (χ3v) is 4.91. The Morgan fingerprint density at radius 3 is 2.89 bits per heavy atom. The van der Waals surface area contributed by atoms with E-state index in [0.717, 1.165) is 18.5 Å². The van der Waals surface area contributed by atoms with E-state index < -0.39 is 10.0 Å². The molecular weight excluding hydrogens is 288 g/mol. The highest BCUT2D eigenvalue weighted by atomic mass is 32.2. The summed E-state index contributed by atoms with van der Waals surface area (Å²) in [5.41, 5.74) is 0.943. The Kier molecular flexibility index (Phi) is 3.08. The molecule has 6 nitrogen and oxygen atoms in total. The lowest BCUT2D eigenvalue weighted by atomic mass is 10.3. The molecule has 1 aliphatic carbocycles. The van der Waals surface area contributed by atoms with Crippen LogP contribution in [0.2, 0.25) is 0 Å². The Morgan fingerprint density at radius 1 is 1.47 bits per heavy atom. The summed E-state index contributed by atoms with van der Waals surface area (Å²) in [6.07, 6.45) is 2.24. The molecule has 2 aromatic heterocycles. The number of thiazole rings is 1. The first-order valence-electron chi connectivity index (χ1n) is 5.76. The molecule has 3 rings (SSSR count). The van der Waals surface area contributed by atoms with Crippen LogP contribution in [0.3, 0.4) is 0 Å². The fourth-order valence-electron chi connectivity index (χ4n) is 1.65. The monoisotopic (exact) mass is 300 g/mol. The fraction of sp³-hybridized carbons (Fsp3) is 0.364. The largest absolute Gasteiger partial charge is 0.445 e. The molecule has 2 heterocycles. The number of aliphatic hydroxyl groups excluding tert-OH is 1. The second-order valence-electron chi connectivity index (χ2n) is 4.34. The van der Waals surface area contributed by atoms with Gasteiger partial charge in [-0.15, -0.1) is 11.3 Å². The number of hydrogen-bond acceptors (Lipinski definition) is 6. The Balaban J connectivity index is 1.79. The third-order valence-electron chi connectivity index (χ3n) is 2.80. The minimum atomic E-state index is -3.77. The Hall–Kier alpha value is -1.38. The normalized spacial score (nSPS) is 15.6. The second-order valence-corrected chi connectivity index (χ2v) is 6.81. The number of aromatic nitrogens is 1. The SMILES string of the molecule is O=S(=O)(Nc1nc(C2CC2)cs1)c1ccc(CO)o1. The van der Waals surface area contributed by atoms with Gasteiger partial charge in [0.1, 0.15) is 12.4 Å². The highest BCUT2D eigenvalue weighted by Crippen LogP contribution is 2.41. The van der Waals surface area contributed by atoms with Crippen molar-refractivity contribution in [1.82, 2.24) is 4.98 Å². The smallest absolute Gasteiger partial charge is 0.297 e. The molecule has 8 heteroatoms. The van der Waals surface area contributed by atoms with E-state index in [-0.39, 0.29) is 17.5 Å². The average molecular weight is 300 g/mol. The van der Waals surface area contributed by atoms with Crippen LogP contribution in [0, 0.1) is 0 Å². The van der Waals surface area contributed by atoms with Crippen LogP contribution in [0.5, 0.6) is 0 Å². The third kappa shape index (κ3) is 2.65. The van der Waals surface area contributed by atoms with Gasteiger partial charge in [-0.25, -0.2) is 4.98 Å². The predicted octanol–water partition coefficient (Wildman–Crippen LogP) is 1.91. The van der Waals surface area contributed by atoms with Gasteiger partial charge in [0.05, 0.1) is 5.69 Å². The molecule has 2 N–H and O–H groups in total. The zero-order valence-corrected chi connectivity index (χ0v) is 11.5. The quantitative estimate of drug-likeness (QED) is 0.880. The van der Waals surface area contributed by atoms with Gasteiger partial charge in [-0.3, -0.25) is 4.72 Å². The number of anilines is 1. The van der Waals surface area contributed by atoms with E-state index in [2.05, 4.69) is 9.71 Å². The van der Waals surface area contributed by atoms with Gasteiger partial charge in [0.2, 0.25) is 5.09 Å². The molecule has 102 valence electrons. The van der Waals surface area contributed by atoms with Crippen molar-refractivity contribution in [1.29, 1.82) is 0 Å². The summed E-state index contributed by atoms with van der Waals surface area (Å²) in [7, 11) is -3.77. The van der Waals surface area contributed by atoms with Crippen LogP contribution in [0.4, 0.5) is 5.13 Å². The topological polar surface area (TPSA) is 92.4 Å². The van der Waals surface area contributed by atoms with Gasteiger partial charge in [0, 0.05) is 11.3 Å². The Morgan fingerprint density at radius 2 is 2.26 bits per heavy atom. The number of sulfonamides is 1. The molecule has 0 atom stereocenters. The predicted molar refractivity (Wildman–Crippen MR) is 69.5 cm³/mol. The van der Waals surface area contributed by atoms with Gasteiger partial charge in [-0.1, -0.05) is 0 Å². The molecule has 2 aromatic rings. The maximum Gasteiger partial charge on any atom is 0.297 e. The Labute approximate surface area is 114 Å². The lowest BCUT2D eigenvalue weighted by molar-refractivity contribution is 0.236. The highest BCUT2D eigenvalue weighted by molar-refractivity contribution is 7.92. The van der Waals surface area contributed by atoms with Crippen LogP contribution >= 0.6 is 11.3 Å². The van der Waals surface area contributed by atoms with E-state index in [0.29, 0.717) is 11.0 Å². The number of nitrogens with zero attached hydrogens (tertiary/aromatic N) is 1. The molecule has 0 spiro atoms. The first kappa shape index (κ1) is 12.6. The van der Waals surface area contributed by atoms with Crippen molar-refractivity contribution in [3.05, 3.63) is 29.0 Å². The maximum atomic E-state index is 12.0. The molecule has 1 saturated carbocycles. The molecule has 0 unspecified atom stereocenters. The van der Waals surface area contributed by atoms with E-state index in [9.17, 15) is 8.42 Å². The van der Waals surface area contributed by atoms with Crippen LogP contribution in [-0.4, -0.2) is 18.5 Å². The highest BCUT2D eigenvalue weighted by Gasteiger charge is 2.27. The van der Waals surface area contributed by atoms with Crippen molar-refractivity contribution in [2.75, 3.05) is 4.72 Å². The molecule has 0 saturated heterocycles. The average Bonchev–Trinajstić information content (AvgIpc) is 2.92. The van der Waals surface area contributed by atoms with Gasteiger partial charge < -0.3 is 9.52 Å². The van der Waals surface area contributed by atoms with Crippen molar-refractivity contribution >= 4 is 26.5 Å². The van der Waals surface area contributed by atoms with E-state index in [1.807, 2.05) is 5.38 Å². The molecule has 0 radical (unpaired) electrons. The van der Waals surface area contributed by atoms with Gasteiger partial charge in [0.15, 0.2) is 5.13 Å². The van der Waals surface area contributed by atoms with Crippen molar-refractivity contribution in [3.63, 3.8) is 0 Å². The number of rotatable bonds is 5. The van der Waals surface area contributed by atoms with E-state index in [1.54, 1.807) is 0 Å². The van der Waals surface area contributed by atoms with E-state index in [1.165, 1.54) is 23.5 Å². The van der Waals surface area contributed by atoms with Crippen LogP contribution in [0.15, 0.2) is 27.0 Å². The summed E-state index contributed by atoms with van der Waals surface area (Å²) in [6.45, 7) is -0.335. The van der Waals surface area contributed by atoms with Crippen LogP contribution in [-0.2, 0) is 16.6 Å². The van der Waals surface area contributed by atoms with Crippen molar-refractivity contribution in [3.8, 4) is 0 Å². The van der Waals surface area contributed by atoms with Crippen molar-refractivity contribution < 1.29 is 17.9 Å². The van der Waals surface area contributed by atoms with Crippen molar-refractivity contribution in [2.24, 2.45) is 0 Å². The Bertz CT molecular complexity index is 685. The summed E-state index contributed by atoms with van der Waals surface area (Å²) in [5, 5.41) is 10.8. The summed E-state index contributed by atoms with van der Waals surface area (Å²) in [5.74, 6) is 0.692. The van der Waals surface area contributed by atoms with Crippen LogP contribution in [0.1, 0.15) is 30.2 Å². The first-order chi connectivity index (χ1) is 9.08. The summed E-state index contributed by atoms with van der Waals surface area (Å²) >= 11 is 1.26. The number of furan rings is 1. The fourth-order valence-corrected chi connectivity index (χ4v) is 3.65. The van der Waals surface area contributed by atoms with Gasteiger partial charge in [-0.2, -0.15) is 8.42 Å². The lowest BCUT2D eigenvalue weighted by Crippen LogP contribution is -2.11. The molecule has 1 fully saturated rings. The van der Waals surface area contributed by atoms with Crippen LogP contribution < -0.4 is 4.72 Å². The van der Waals surface area contributed by atoms with Crippen molar-refractivity contribution in [2.45, 2.75) is 30.5 Å². The summed E-state index contributed by atoms with van der Waals surface area (Å²) in [4.78, 5) is 4.25. The summed E-state index contributed by atoms with van der Waals surface area (Å²) in [6, 6.07) is 2.73. The van der Waals surface area contributed by atoms with Gasteiger partial charge in [-0.05, 0) is 25.0 Å². The van der Waals surface area contributed by atoms with Gasteiger partial charge in [0.25, 0.3) is 10.0 Å². The molecular formula is C11H12N2O4S2. The molecule has 0 aromatic carbocycles. The first-order valence-corrected chi connectivity index (χ1v) is 8.12. The van der Waals surface area contributed by atoms with Crippen LogP contribution in [0.25, 0.3) is 0 Å². The number of hydrogen-bond donors (Lipinski definition) is 2. The number of nitrogens with one attached hydrogen (secondary N) is 1. The lowest BCUT2D eigenvalue weighted by Gasteiger charge is -2.01. The van der Waals surface area contributed by atoms with Gasteiger partial charge >= 0.3 is 0 Å². The molecule has 0 bridgehead atoms. The zero-order chi connectivity index (χ0) is 13.5. The molecule has 0 amide bonds. The minimum absolute atomic E-state index is 0.207. The molecule has 0 aliphatic heterocycles. The second kappa shape index (κ2) is 4.62. The molecule has 19 heavy (non-hydrogen) atoms. The van der Waals surface area contributed by atoms with E-state index in [4.69, 9.17) is 9.52 Å². The minimum Gasteiger partial charge on any atom is -0.445 e. The van der Waals surface area contributed by atoms with E-state index >= 15 is 0 Å². The number of aliphatic hydroxyl groups is 1. The maximum absolute atomic E-state index is 12.0. The molecule has 1 aliphatic rings. The standard InChI is InChI=1S/C11H12N2O4S2/c14-5-8-3-4-10(17-8)19(15,16)13-11-12-9(6-18-11)7-1-2-7/h3-4,6-7,14H,1-2,5H2,(H,12,13).